The fraction of sp³-hybridized carbons (Fsp3) is 0.619. The number of carbonyl (C=O) groups is 1. The van der Waals surface area contributed by atoms with Crippen molar-refractivity contribution in [3.8, 4) is 11.5 Å². The van der Waals surface area contributed by atoms with Gasteiger partial charge < -0.3 is 19.5 Å². The monoisotopic (exact) mass is 399 g/mol. The van der Waals surface area contributed by atoms with E-state index in [9.17, 15) is 4.79 Å². The molecule has 2 aromatic heterocycles. The fourth-order valence-corrected chi connectivity index (χ4v) is 4.66. The number of aryl methyl sites for hydroxylation is 1. The lowest BCUT2D eigenvalue weighted by Crippen LogP contribution is -2.50. The van der Waals surface area contributed by atoms with Gasteiger partial charge in [-0.15, -0.1) is 0 Å². The zero-order valence-corrected chi connectivity index (χ0v) is 17.3. The molecule has 4 rings (SSSR count). The highest BCUT2D eigenvalue weighted by Crippen LogP contribution is 2.39. The smallest absolute Gasteiger partial charge is 0.258 e. The van der Waals surface area contributed by atoms with Gasteiger partial charge in [0.05, 0.1) is 12.1 Å². The predicted molar refractivity (Wildman–Crippen MR) is 108 cm³/mol. The third kappa shape index (κ3) is 4.27. The van der Waals surface area contributed by atoms with E-state index in [1.54, 1.807) is 13.3 Å². The molecule has 8 heteroatoms. The van der Waals surface area contributed by atoms with E-state index in [0.29, 0.717) is 30.0 Å². The first-order valence-corrected chi connectivity index (χ1v) is 10.4. The highest BCUT2D eigenvalue weighted by atomic mass is 16.5. The van der Waals surface area contributed by atoms with Gasteiger partial charge in [0.25, 0.3) is 5.89 Å². The molecular formula is C21H29N5O3. The van der Waals surface area contributed by atoms with Crippen molar-refractivity contribution in [2.75, 3.05) is 25.1 Å². The third-order valence-electron chi connectivity index (χ3n) is 6.09. The fourth-order valence-electron chi connectivity index (χ4n) is 4.66. The summed E-state index contributed by atoms with van der Waals surface area (Å²) in [6.07, 6.45) is 5.18. The van der Waals surface area contributed by atoms with E-state index in [0.717, 1.165) is 43.7 Å². The molecule has 29 heavy (non-hydrogen) atoms. The molecule has 0 bridgehead atoms. The van der Waals surface area contributed by atoms with Crippen LogP contribution in [0.1, 0.15) is 38.4 Å². The SMILES string of the molecule is CCCC(=O)N[C@H]1C[C@H]2CN(c3cc(-c4nc(C)no4)ccn3)C[C@H]2C[C@@H]1OC. The Morgan fingerprint density at radius 2 is 2.14 bits per heavy atom. The number of amides is 1. The molecule has 1 saturated carbocycles. The molecule has 0 radical (unpaired) electrons. The summed E-state index contributed by atoms with van der Waals surface area (Å²) < 4.78 is 11.0. The number of rotatable bonds is 6. The second-order valence-corrected chi connectivity index (χ2v) is 8.14. The topological polar surface area (TPSA) is 93.4 Å². The molecule has 4 atom stereocenters. The summed E-state index contributed by atoms with van der Waals surface area (Å²) in [4.78, 5) is 23.3. The summed E-state index contributed by atoms with van der Waals surface area (Å²) in [5, 5.41) is 7.07. The highest BCUT2D eigenvalue weighted by Gasteiger charge is 2.43. The summed E-state index contributed by atoms with van der Waals surface area (Å²) in [5.41, 5.74) is 0.880. The molecule has 0 aromatic carbocycles. The average molecular weight is 399 g/mol. The number of methoxy groups -OCH3 is 1. The summed E-state index contributed by atoms with van der Waals surface area (Å²) in [7, 11) is 1.74. The number of anilines is 1. The normalized spacial score (nSPS) is 26.4. The Balaban J connectivity index is 1.46. The Kier molecular flexibility index (Phi) is 5.80. The number of nitrogens with zero attached hydrogens (tertiary/aromatic N) is 4. The van der Waals surface area contributed by atoms with Gasteiger partial charge in [-0.1, -0.05) is 12.1 Å². The zero-order valence-electron chi connectivity index (χ0n) is 17.3. The van der Waals surface area contributed by atoms with Crippen molar-refractivity contribution < 1.29 is 14.1 Å². The molecule has 0 spiro atoms. The molecule has 8 nitrogen and oxygen atoms in total. The van der Waals surface area contributed by atoms with Crippen LogP contribution in [0.5, 0.6) is 0 Å². The predicted octanol–water partition coefficient (Wildman–Crippen LogP) is 2.59. The molecule has 2 aromatic rings. The van der Waals surface area contributed by atoms with E-state index >= 15 is 0 Å². The van der Waals surface area contributed by atoms with Crippen LogP contribution < -0.4 is 10.2 Å². The van der Waals surface area contributed by atoms with Crippen LogP contribution in [0.3, 0.4) is 0 Å². The molecule has 3 heterocycles. The molecule has 1 aliphatic heterocycles. The van der Waals surface area contributed by atoms with E-state index in [2.05, 4.69) is 25.3 Å². The maximum atomic E-state index is 12.1. The number of pyridine rings is 1. The lowest BCUT2D eigenvalue weighted by molar-refractivity contribution is -0.123. The Bertz CT molecular complexity index is 854. The Morgan fingerprint density at radius 3 is 2.83 bits per heavy atom. The van der Waals surface area contributed by atoms with Crippen molar-refractivity contribution in [1.29, 1.82) is 0 Å². The van der Waals surface area contributed by atoms with Crippen LogP contribution in [0.4, 0.5) is 5.82 Å². The van der Waals surface area contributed by atoms with Gasteiger partial charge in [-0.3, -0.25) is 4.79 Å². The minimum absolute atomic E-state index is 0.0673. The number of hydrogen-bond acceptors (Lipinski definition) is 7. The Labute approximate surface area is 171 Å². The summed E-state index contributed by atoms with van der Waals surface area (Å²) in [5.74, 6) is 3.23. The molecule has 0 unspecified atom stereocenters. The van der Waals surface area contributed by atoms with Gasteiger partial charge in [0.1, 0.15) is 5.82 Å². The number of aromatic nitrogens is 3. The number of nitrogens with one attached hydrogen (secondary N) is 1. The minimum atomic E-state index is 0.0673. The van der Waals surface area contributed by atoms with Crippen LogP contribution >= 0.6 is 0 Å². The standard InChI is InChI=1S/C21H29N5O3/c1-4-5-20(27)24-17-8-15-11-26(12-16(15)9-18(17)28-3)19-10-14(6-7-22-19)21-23-13(2)25-29-21/h6-7,10,15-18H,4-5,8-9,11-12H2,1-3H3,(H,24,27)/t15-,16+,17-,18-/m0/s1. The van der Waals surface area contributed by atoms with E-state index in [4.69, 9.17) is 9.26 Å². The first-order valence-electron chi connectivity index (χ1n) is 10.4. The van der Waals surface area contributed by atoms with Crippen molar-refractivity contribution in [3.63, 3.8) is 0 Å². The Hall–Kier alpha value is -2.48. The van der Waals surface area contributed by atoms with Crippen molar-refractivity contribution in [2.24, 2.45) is 11.8 Å². The first kappa shape index (κ1) is 19.8. The van der Waals surface area contributed by atoms with E-state index in [-0.39, 0.29) is 18.1 Å². The lowest BCUT2D eigenvalue weighted by atomic mass is 9.77. The number of hydrogen-bond donors (Lipinski definition) is 1. The van der Waals surface area contributed by atoms with Crippen LogP contribution in [0.15, 0.2) is 22.9 Å². The molecule has 156 valence electrons. The van der Waals surface area contributed by atoms with Crippen molar-refractivity contribution >= 4 is 11.7 Å². The van der Waals surface area contributed by atoms with Gasteiger partial charge in [0.15, 0.2) is 5.82 Å². The van der Waals surface area contributed by atoms with Crippen LogP contribution in [0.2, 0.25) is 0 Å². The summed E-state index contributed by atoms with van der Waals surface area (Å²) in [6.45, 7) is 5.71. The number of carbonyl (C=O) groups excluding carboxylic acids is 1. The Morgan fingerprint density at radius 1 is 1.34 bits per heavy atom. The minimum Gasteiger partial charge on any atom is -0.379 e. The van der Waals surface area contributed by atoms with Crippen molar-refractivity contribution in [1.82, 2.24) is 20.4 Å². The molecule has 1 N–H and O–H groups in total. The van der Waals surface area contributed by atoms with Crippen molar-refractivity contribution in [2.45, 2.75) is 51.7 Å². The second-order valence-electron chi connectivity index (χ2n) is 8.14. The van der Waals surface area contributed by atoms with Crippen LogP contribution in [0, 0.1) is 18.8 Å². The van der Waals surface area contributed by atoms with E-state index in [1.807, 2.05) is 26.0 Å². The first-order chi connectivity index (χ1) is 14.1. The summed E-state index contributed by atoms with van der Waals surface area (Å²) >= 11 is 0. The van der Waals surface area contributed by atoms with Gasteiger partial charge >= 0.3 is 0 Å². The van der Waals surface area contributed by atoms with E-state index < -0.39 is 0 Å². The van der Waals surface area contributed by atoms with Crippen LogP contribution in [-0.4, -0.2) is 53.4 Å². The molecule has 1 aliphatic carbocycles. The van der Waals surface area contributed by atoms with Gasteiger partial charge in [-0.25, -0.2) is 4.98 Å². The lowest BCUT2D eigenvalue weighted by Gasteiger charge is -2.37. The number of fused-ring (bicyclic) bond motifs is 1. The molecular weight excluding hydrogens is 370 g/mol. The van der Waals surface area contributed by atoms with Crippen LogP contribution in [-0.2, 0) is 9.53 Å². The van der Waals surface area contributed by atoms with Crippen LogP contribution in [0.25, 0.3) is 11.5 Å². The quantitative estimate of drug-likeness (QED) is 0.798. The van der Waals surface area contributed by atoms with Gasteiger partial charge in [-0.2, -0.15) is 4.98 Å². The van der Waals surface area contributed by atoms with E-state index in [1.165, 1.54) is 0 Å². The van der Waals surface area contributed by atoms with Gasteiger partial charge in [-0.05, 0) is 50.2 Å². The van der Waals surface area contributed by atoms with Gasteiger partial charge in [0.2, 0.25) is 5.91 Å². The summed E-state index contributed by atoms with van der Waals surface area (Å²) in [6, 6.07) is 3.99. The molecule has 2 fully saturated rings. The van der Waals surface area contributed by atoms with Gasteiger partial charge in [0, 0.05) is 38.4 Å². The maximum Gasteiger partial charge on any atom is 0.258 e. The van der Waals surface area contributed by atoms with Crippen molar-refractivity contribution in [3.05, 3.63) is 24.2 Å². The average Bonchev–Trinajstić information content (AvgIpc) is 3.33. The number of ether oxygens (including phenoxy) is 1. The molecule has 1 saturated heterocycles. The molecule has 2 aliphatic rings. The maximum absolute atomic E-state index is 12.1. The highest BCUT2D eigenvalue weighted by molar-refractivity contribution is 5.76. The second kappa shape index (κ2) is 8.49. The third-order valence-corrected chi connectivity index (χ3v) is 6.09. The molecule has 1 amide bonds. The largest absolute Gasteiger partial charge is 0.379 e. The zero-order chi connectivity index (χ0) is 20.4.